The maximum Gasteiger partial charge on any atom is 0.254 e. The molecule has 1 amide bonds. The van der Waals surface area contributed by atoms with Crippen molar-refractivity contribution in [2.75, 3.05) is 25.5 Å². The van der Waals surface area contributed by atoms with Crippen molar-refractivity contribution < 1.29 is 9.32 Å². The molecule has 2 aromatic rings. The van der Waals surface area contributed by atoms with Crippen molar-refractivity contribution in [1.82, 2.24) is 20.0 Å². The average molecular weight is 329 g/mol. The molecule has 3 heterocycles. The number of amides is 1. The van der Waals surface area contributed by atoms with E-state index in [0.29, 0.717) is 23.8 Å². The van der Waals surface area contributed by atoms with Crippen LogP contribution in [0.25, 0.3) is 0 Å². The highest BCUT2D eigenvalue weighted by Crippen LogP contribution is 2.27. The number of carbonyl (C=O) groups is 1. The van der Waals surface area contributed by atoms with Crippen LogP contribution in [-0.4, -0.2) is 46.1 Å². The zero-order chi connectivity index (χ0) is 17.1. The molecule has 1 aliphatic heterocycles. The van der Waals surface area contributed by atoms with E-state index in [4.69, 9.17) is 4.52 Å². The molecule has 0 radical (unpaired) electrons. The number of hydrogen-bond acceptors (Lipinski definition) is 6. The van der Waals surface area contributed by atoms with E-state index in [1.54, 1.807) is 25.4 Å². The Balaban J connectivity index is 1.73. The quantitative estimate of drug-likeness (QED) is 0.928. The maximum atomic E-state index is 12.8. The molecule has 0 unspecified atom stereocenters. The third-order valence-electron chi connectivity index (χ3n) is 4.29. The lowest BCUT2D eigenvalue weighted by atomic mass is 9.97. The molecular formula is C17H23N5O2. The van der Waals surface area contributed by atoms with Crippen LogP contribution in [0.1, 0.15) is 60.6 Å². The molecule has 0 aliphatic carbocycles. The average Bonchev–Trinajstić information content (AvgIpc) is 3.12. The van der Waals surface area contributed by atoms with Gasteiger partial charge in [-0.15, -0.1) is 0 Å². The Bertz CT molecular complexity index is 713. The summed E-state index contributed by atoms with van der Waals surface area (Å²) in [5.74, 6) is 2.41. The minimum atomic E-state index is 0.0159. The van der Waals surface area contributed by atoms with Crippen molar-refractivity contribution in [1.29, 1.82) is 0 Å². The first-order valence-corrected chi connectivity index (χ1v) is 8.35. The molecular weight excluding hydrogens is 306 g/mol. The number of piperidine rings is 1. The Morgan fingerprint density at radius 2 is 2.29 bits per heavy atom. The van der Waals surface area contributed by atoms with Crippen LogP contribution in [0, 0.1) is 0 Å². The Morgan fingerprint density at radius 1 is 1.46 bits per heavy atom. The Kier molecular flexibility index (Phi) is 4.78. The molecule has 2 aromatic heterocycles. The first kappa shape index (κ1) is 16.4. The fraction of sp³-hybridized carbons (Fsp3) is 0.529. The van der Waals surface area contributed by atoms with Gasteiger partial charge in [0.2, 0.25) is 5.89 Å². The van der Waals surface area contributed by atoms with Gasteiger partial charge in [0, 0.05) is 37.8 Å². The third-order valence-corrected chi connectivity index (χ3v) is 4.29. The van der Waals surface area contributed by atoms with E-state index in [1.165, 1.54) is 0 Å². The lowest BCUT2D eigenvalue weighted by Gasteiger charge is -2.31. The molecule has 1 saturated heterocycles. The van der Waals surface area contributed by atoms with Crippen LogP contribution >= 0.6 is 0 Å². The SMILES string of the molecule is CNc1cc(C(=O)N2CCC[C@H](c3nc(C(C)C)no3)C2)ccn1. The van der Waals surface area contributed by atoms with E-state index >= 15 is 0 Å². The largest absolute Gasteiger partial charge is 0.373 e. The molecule has 128 valence electrons. The Labute approximate surface area is 141 Å². The van der Waals surface area contributed by atoms with Gasteiger partial charge in [0.15, 0.2) is 5.82 Å². The molecule has 1 atom stereocenters. The second-order valence-corrected chi connectivity index (χ2v) is 6.42. The molecule has 7 nitrogen and oxygen atoms in total. The fourth-order valence-electron chi connectivity index (χ4n) is 2.89. The van der Waals surface area contributed by atoms with E-state index in [9.17, 15) is 4.79 Å². The summed E-state index contributed by atoms with van der Waals surface area (Å²) in [7, 11) is 1.79. The summed E-state index contributed by atoms with van der Waals surface area (Å²) in [6, 6.07) is 3.52. The van der Waals surface area contributed by atoms with Gasteiger partial charge >= 0.3 is 0 Å². The van der Waals surface area contributed by atoms with Gasteiger partial charge < -0.3 is 14.7 Å². The minimum Gasteiger partial charge on any atom is -0.373 e. The number of nitrogens with one attached hydrogen (secondary N) is 1. The van der Waals surface area contributed by atoms with Crippen LogP contribution in [-0.2, 0) is 0 Å². The Morgan fingerprint density at radius 3 is 3.00 bits per heavy atom. The molecule has 3 rings (SSSR count). The number of anilines is 1. The van der Waals surface area contributed by atoms with Crippen molar-refractivity contribution in [3.05, 3.63) is 35.6 Å². The van der Waals surface area contributed by atoms with Gasteiger partial charge in [-0.3, -0.25) is 4.79 Å². The van der Waals surface area contributed by atoms with E-state index in [1.807, 2.05) is 18.7 Å². The van der Waals surface area contributed by atoms with E-state index in [2.05, 4.69) is 20.4 Å². The lowest BCUT2D eigenvalue weighted by molar-refractivity contribution is 0.0695. The summed E-state index contributed by atoms with van der Waals surface area (Å²) in [6.07, 6.45) is 3.54. The highest BCUT2D eigenvalue weighted by molar-refractivity contribution is 5.94. The summed E-state index contributed by atoms with van der Waals surface area (Å²) in [6.45, 7) is 5.43. The van der Waals surface area contributed by atoms with Crippen molar-refractivity contribution in [2.24, 2.45) is 0 Å². The van der Waals surface area contributed by atoms with E-state index < -0.39 is 0 Å². The molecule has 0 aromatic carbocycles. The van der Waals surface area contributed by atoms with Crippen LogP contribution in [0.3, 0.4) is 0 Å². The smallest absolute Gasteiger partial charge is 0.254 e. The number of nitrogens with zero attached hydrogens (tertiary/aromatic N) is 4. The van der Waals surface area contributed by atoms with Gasteiger partial charge in [0.1, 0.15) is 5.82 Å². The molecule has 1 fully saturated rings. The summed E-state index contributed by atoms with van der Waals surface area (Å²) < 4.78 is 5.42. The van der Waals surface area contributed by atoms with Crippen LogP contribution in [0.2, 0.25) is 0 Å². The third kappa shape index (κ3) is 3.39. The number of aromatic nitrogens is 3. The summed E-state index contributed by atoms with van der Waals surface area (Å²) in [5.41, 5.74) is 0.642. The van der Waals surface area contributed by atoms with Crippen LogP contribution in [0.4, 0.5) is 5.82 Å². The first-order valence-electron chi connectivity index (χ1n) is 8.35. The van der Waals surface area contributed by atoms with Crippen LogP contribution in [0.15, 0.2) is 22.9 Å². The van der Waals surface area contributed by atoms with Crippen molar-refractivity contribution in [2.45, 2.75) is 38.5 Å². The summed E-state index contributed by atoms with van der Waals surface area (Å²) in [4.78, 5) is 23.3. The predicted molar refractivity (Wildman–Crippen MR) is 90.0 cm³/mol. The van der Waals surface area contributed by atoms with Gasteiger partial charge in [-0.05, 0) is 25.0 Å². The molecule has 7 heteroatoms. The van der Waals surface area contributed by atoms with Crippen molar-refractivity contribution >= 4 is 11.7 Å². The van der Waals surface area contributed by atoms with Crippen molar-refractivity contribution in [3.63, 3.8) is 0 Å². The standard InChI is InChI=1S/C17H23N5O2/c1-11(2)15-20-16(24-21-15)13-5-4-8-22(10-13)17(23)12-6-7-19-14(9-12)18-3/h6-7,9,11,13H,4-5,8,10H2,1-3H3,(H,18,19)/t13-/m0/s1. The second kappa shape index (κ2) is 6.98. The second-order valence-electron chi connectivity index (χ2n) is 6.42. The highest BCUT2D eigenvalue weighted by atomic mass is 16.5. The van der Waals surface area contributed by atoms with Gasteiger partial charge in [-0.2, -0.15) is 4.98 Å². The predicted octanol–water partition coefficient (Wildman–Crippen LogP) is 2.65. The van der Waals surface area contributed by atoms with Crippen molar-refractivity contribution in [3.8, 4) is 0 Å². The van der Waals surface area contributed by atoms with Crippen LogP contribution in [0.5, 0.6) is 0 Å². The zero-order valence-electron chi connectivity index (χ0n) is 14.3. The summed E-state index contributed by atoms with van der Waals surface area (Å²) in [5, 5.41) is 6.99. The van der Waals surface area contributed by atoms with Crippen LogP contribution < -0.4 is 5.32 Å². The highest BCUT2D eigenvalue weighted by Gasteiger charge is 2.29. The van der Waals surface area contributed by atoms with Gasteiger partial charge in [-0.1, -0.05) is 19.0 Å². The number of likely N-dealkylation sites (tertiary alicyclic amines) is 1. The summed E-state index contributed by atoms with van der Waals surface area (Å²) >= 11 is 0. The molecule has 1 N–H and O–H groups in total. The normalized spacial score (nSPS) is 18.0. The van der Waals surface area contributed by atoms with Gasteiger partial charge in [0.25, 0.3) is 5.91 Å². The molecule has 1 aliphatic rings. The van der Waals surface area contributed by atoms with E-state index in [-0.39, 0.29) is 17.7 Å². The number of hydrogen-bond donors (Lipinski definition) is 1. The first-order chi connectivity index (χ1) is 11.6. The monoisotopic (exact) mass is 329 g/mol. The minimum absolute atomic E-state index is 0.0159. The molecule has 0 bridgehead atoms. The molecule has 0 spiro atoms. The van der Waals surface area contributed by atoms with E-state index in [0.717, 1.165) is 25.2 Å². The molecule has 24 heavy (non-hydrogen) atoms. The number of pyridine rings is 1. The van der Waals surface area contributed by atoms with Gasteiger partial charge in [-0.25, -0.2) is 4.98 Å². The number of carbonyl (C=O) groups excluding carboxylic acids is 1. The lowest BCUT2D eigenvalue weighted by Crippen LogP contribution is -2.39. The topological polar surface area (TPSA) is 84.2 Å². The maximum absolute atomic E-state index is 12.8. The zero-order valence-corrected chi connectivity index (χ0v) is 14.3. The van der Waals surface area contributed by atoms with Gasteiger partial charge in [0.05, 0.1) is 5.92 Å². The fourth-order valence-corrected chi connectivity index (χ4v) is 2.89. The Hall–Kier alpha value is -2.44. The molecule has 0 saturated carbocycles. The number of rotatable bonds is 4.